The summed E-state index contributed by atoms with van der Waals surface area (Å²) in [7, 11) is 1.91. The summed E-state index contributed by atoms with van der Waals surface area (Å²) < 4.78 is 30.8. The maximum atomic E-state index is 14.5. The van der Waals surface area contributed by atoms with Crippen molar-refractivity contribution in [2.45, 2.75) is 32.2 Å². The largest absolute Gasteiger partial charge is 0.506 e. The number of fused-ring (bicyclic) bond motifs is 3. The van der Waals surface area contributed by atoms with Crippen LogP contribution in [0.2, 0.25) is 0 Å². The molecule has 1 N–H and O–H groups in total. The lowest BCUT2D eigenvalue weighted by Crippen LogP contribution is -2.26. The Morgan fingerprint density at radius 2 is 1.97 bits per heavy atom. The number of rotatable bonds is 4. The molecule has 2 aromatic carbocycles. The molecule has 178 valence electrons. The molecule has 2 aromatic heterocycles. The van der Waals surface area contributed by atoms with Crippen molar-refractivity contribution in [3.05, 3.63) is 69.3 Å². The number of aryl methyl sites for hydroxylation is 1. The average Bonchev–Trinajstić information content (AvgIpc) is 3.60. The fraction of sp³-hybridized carbons (Fsp3) is 0.269. The van der Waals surface area contributed by atoms with Gasteiger partial charge >= 0.3 is 0 Å². The molecular formula is C26H22F2N4O2S. The normalized spacial score (nSPS) is 15.9. The smallest absolute Gasteiger partial charge is 0.263 e. The minimum Gasteiger partial charge on any atom is -0.506 e. The minimum absolute atomic E-state index is 0.105. The number of hydrogen-bond acceptors (Lipinski definition) is 6. The molecule has 0 radical (unpaired) electrons. The van der Waals surface area contributed by atoms with Gasteiger partial charge in [-0.05, 0) is 48.9 Å². The third-order valence-corrected chi connectivity index (χ3v) is 7.71. The van der Waals surface area contributed by atoms with E-state index in [1.165, 1.54) is 22.0 Å². The van der Waals surface area contributed by atoms with E-state index in [0.29, 0.717) is 49.2 Å². The molecular weight excluding hydrogens is 470 g/mol. The Morgan fingerprint density at radius 3 is 2.71 bits per heavy atom. The Hall–Kier alpha value is -3.59. The van der Waals surface area contributed by atoms with E-state index in [2.05, 4.69) is 4.99 Å². The first kappa shape index (κ1) is 21.9. The van der Waals surface area contributed by atoms with Crippen molar-refractivity contribution in [1.29, 1.82) is 0 Å². The summed E-state index contributed by atoms with van der Waals surface area (Å²) in [6.45, 7) is 2.57. The molecule has 6 rings (SSSR count). The predicted molar refractivity (Wildman–Crippen MR) is 134 cm³/mol. The number of halogens is 2. The van der Waals surface area contributed by atoms with Gasteiger partial charge in [-0.15, -0.1) is 11.3 Å². The first-order chi connectivity index (χ1) is 16.8. The van der Waals surface area contributed by atoms with Crippen LogP contribution in [-0.2, 0) is 6.54 Å². The van der Waals surface area contributed by atoms with Crippen LogP contribution < -0.4 is 5.56 Å². The summed E-state index contributed by atoms with van der Waals surface area (Å²) in [6, 6.07) is 5.96. The second kappa shape index (κ2) is 7.98. The van der Waals surface area contributed by atoms with Crippen molar-refractivity contribution in [2.75, 3.05) is 13.6 Å². The van der Waals surface area contributed by atoms with Gasteiger partial charge in [0.1, 0.15) is 16.4 Å². The Morgan fingerprint density at radius 1 is 1.20 bits per heavy atom. The topological polar surface area (TPSA) is 70.7 Å². The van der Waals surface area contributed by atoms with Gasteiger partial charge < -0.3 is 10.0 Å². The van der Waals surface area contributed by atoms with E-state index in [0.717, 1.165) is 18.9 Å². The second-order valence-corrected chi connectivity index (χ2v) is 10.2. The Labute approximate surface area is 203 Å². The molecule has 0 saturated heterocycles. The molecule has 9 heteroatoms. The van der Waals surface area contributed by atoms with Crippen LogP contribution in [-0.4, -0.2) is 39.4 Å². The summed E-state index contributed by atoms with van der Waals surface area (Å²) >= 11 is 1.22. The van der Waals surface area contributed by atoms with Crippen LogP contribution in [0.5, 0.6) is 5.75 Å². The molecule has 1 aliphatic heterocycles. The molecule has 0 bridgehead atoms. The van der Waals surface area contributed by atoms with E-state index in [1.54, 1.807) is 19.2 Å². The third-order valence-electron chi connectivity index (χ3n) is 6.60. The predicted octanol–water partition coefficient (Wildman–Crippen LogP) is 5.31. The number of hydrogen-bond donors (Lipinski definition) is 1. The summed E-state index contributed by atoms with van der Waals surface area (Å²) in [5.41, 5.74) is 2.11. The molecule has 2 aliphatic rings. The fourth-order valence-electron chi connectivity index (χ4n) is 4.62. The molecule has 0 atom stereocenters. The molecule has 3 heterocycles. The number of aromatic hydroxyl groups is 1. The standard InChI is InChI=1S/C26H22F2N4O2S/c1-13-3-6-16-21-25(35-23(16)22(13)33)30-24(18-10-20(28)19(27)9-17(18)14-4-5-14)32(26(21)34)12-15-11-31(2)8-7-29-15/h3,6-7,9-11,14,33H,4-5,8,12H2,1-2H3. The lowest BCUT2D eigenvalue weighted by molar-refractivity contribution is 0.478. The average molecular weight is 493 g/mol. The van der Waals surface area contributed by atoms with Crippen molar-refractivity contribution in [3.63, 3.8) is 0 Å². The van der Waals surface area contributed by atoms with Gasteiger partial charge in [0.05, 0.1) is 28.9 Å². The molecule has 1 aliphatic carbocycles. The Bertz CT molecular complexity index is 1650. The quantitative estimate of drug-likeness (QED) is 0.419. The Kier molecular flexibility index (Phi) is 5.00. The minimum atomic E-state index is -0.982. The number of aliphatic imine (C=N–C) groups is 1. The van der Waals surface area contributed by atoms with Crippen LogP contribution in [0, 0.1) is 18.6 Å². The molecule has 1 saturated carbocycles. The van der Waals surface area contributed by atoms with E-state index in [4.69, 9.17) is 4.98 Å². The molecule has 4 aromatic rings. The molecule has 0 amide bonds. The van der Waals surface area contributed by atoms with Gasteiger partial charge in [0.25, 0.3) is 5.56 Å². The van der Waals surface area contributed by atoms with Gasteiger partial charge in [0, 0.05) is 30.4 Å². The number of allylic oxidation sites excluding steroid dienone is 1. The number of phenolic OH excluding ortho intramolecular Hbond substituents is 1. The lowest BCUT2D eigenvalue weighted by Gasteiger charge is -2.20. The van der Waals surface area contributed by atoms with Crippen molar-refractivity contribution >= 4 is 37.9 Å². The Balaban J connectivity index is 1.68. The van der Waals surface area contributed by atoms with E-state index in [9.17, 15) is 18.7 Å². The zero-order valence-electron chi connectivity index (χ0n) is 19.2. The zero-order valence-corrected chi connectivity index (χ0v) is 20.0. The van der Waals surface area contributed by atoms with Gasteiger partial charge in [-0.2, -0.15) is 0 Å². The van der Waals surface area contributed by atoms with E-state index >= 15 is 0 Å². The van der Waals surface area contributed by atoms with E-state index < -0.39 is 11.6 Å². The summed E-state index contributed by atoms with van der Waals surface area (Å²) in [5, 5.41) is 11.7. The number of benzene rings is 2. The zero-order chi connectivity index (χ0) is 24.4. The highest BCUT2D eigenvalue weighted by Crippen LogP contribution is 2.45. The van der Waals surface area contributed by atoms with Crippen molar-refractivity contribution in [1.82, 2.24) is 14.5 Å². The number of nitrogens with zero attached hydrogens (tertiary/aromatic N) is 4. The third kappa shape index (κ3) is 3.61. The summed E-state index contributed by atoms with van der Waals surface area (Å²) in [4.78, 5) is 25.7. The van der Waals surface area contributed by atoms with E-state index in [1.807, 2.05) is 24.2 Å². The van der Waals surface area contributed by atoms with Gasteiger partial charge in [0.2, 0.25) is 0 Å². The fourth-order valence-corrected chi connectivity index (χ4v) is 5.78. The summed E-state index contributed by atoms with van der Waals surface area (Å²) in [6.07, 6.45) is 5.37. The lowest BCUT2D eigenvalue weighted by atomic mass is 10.0. The highest BCUT2D eigenvalue weighted by molar-refractivity contribution is 7.25. The highest BCUT2D eigenvalue weighted by atomic mass is 32.1. The van der Waals surface area contributed by atoms with Crippen LogP contribution in [0.25, 0.3) is 31.7 Å². The maximum Gasteiger partial charge on any atom is 0.263 e. The van der Waals surface area contributed by atoms with Crippen LogP contribution >= 0.6 is 11.3 Å². The van der Waals surface area contributed by atoms with Gasteiger partial charge in [0.15, 0.2) is 11.6 Å². The van der Waals surface area contributed by atoms with Crippen molar-refractivity contribution in [3.8, 4) is 17.1 Å². The summed E-state index contributed by atoms with van der Waals surface area (Å²) in [5.74, 6) is -1.40. The number of phenols is 1. The van der Waals surface area contributed by atoms with Gasteiger partial charge in [-0.3, -0.25) is 14.4 Å². The molecule has 1 fully saturated rings. The molecule has 0 spiro atoms. The number of aromatic nitrogens is 2. The first-order valence-electron chi connectivity index (χ1n) is 11.4. The first-order valence-corrected chi connectivity index (χ1v) is 12.2. The van der Waals surface area contributed by atoms with Crippen molar-refractivity contribution in [2.24, 2.45) is 4.99 Å². The second-order valence-electron chi connectivity index (χ2n) is 9.22. The maximum absolute atomic E-state index is 14.5. The highest BCUT2D eigenvalue weighted by Gasteiger charge is 2.30. The molecule has 0 unspecified atom stereocenters. The van der Waals surface area contributed by atoms with Crippen molar-refractivity contribution < 1.29 is 13.9 Å². The monoisotopic (exact) mass is 492 g/mol. The SMILES string of the molecule is Cc1ccc2c(sc3nc(-c4cc(F)c(F)cc4C4CC4)n(CC4=CN(C)CC=N4)c(=O)c32)c1O. The van der Waals surface area contributed by atoms with Gasteiger partial charge in [-0.25, -0.2) is 13.8 Å². The molecule has 6 nitrogen and oxygen atoms in total. The van der Waals surface area contributed by atoms with Crippen LogP contribution in [0.3, 0.4) is 0 Å². The number of thiophene rings is 1. The van der Waals surface area contributed by atoms with E-state index in [-0.39, 0.29) is 29.6 Å². The van der Waals surface area contributed by atoms with Gasteiger partial charge in [-0.1, -0.05) is 12.1 Å². The van der Waals surface area contributed by atoms with Crippen LogP contribution in [0.1, 0.15) is 29.9 Å². The van der Waals surface area contributed by atoms with Crippen LogP contribution in [0.15, 0.2) is 45.9 Å². The molecule has 35 heavy (non-hydrogen) atoms. The van der Waals surface area contributed by atoms with Crippen LogP contribution in [0.4, 0.5) is 8.78 Å².